The number of nitrogens with two attached hydrogens (primary N) is 1. The molecule has 13 heteroatoms. The second-order valence-electron chi connectivity index (χ2n) is 7.84. The van der Waals surface area contributed by atoms with Crippen molar-refractivity contribution in [2.24, 2.45) is 5.73 Å². The average molecular weight is 556 g/mol. The minimum absolute atomic E-state index is 0.0152. The van der Waals surface area contributed by atoms with Gasteiger partial charge in [0.1, 0.15) is 23.2 Å². The van der Waals surface area contributed by atoms with E-state index in [0.29, 0.717) is 0 Å². The quantitative estimate of drug-likeness (QED) is 0.356. The number of carbonyl (C=O) groups is 2. The zero-order valence-corrected chi connectivity index (χ0v) is 20.8. The molecule has 202 valence electrons. The number of methoxy groups -OCH3 is 2. The number of pyridine rings is 1. The summed E-state index contributed by atoms with van der Waals surface area (Å²) in [7, 11) is 2.60. The highest BCUT2D eigenvalue weighted by molar-refractivity contribution is 6.31. The van der Waals surface area contributed by atoms with Crippen molar-refractivity contribution in [2.75, 3.05) is 27.4 Å². The van der Waals surface area contributed by atoms with Crippen LogP contribution in [0.5, 0.6) is 17.2 Å². The van der Waals surface area contributed by atoms with Gasteiger partial charge in [-0.3, -0.25) is 9.59 Å². The number of nitrogens with one attached hydrogen (secondary N) is 1. The summed E-state index contributed by atoms with van der Waals surface area (Å²) in [6, 6.07) is 9.88. The summed E-state index contributed by atoms with van der Waals surface area (Å²) in [5.74, 6) is -4.11. The molecular weight excluding hydrogens is 534 g/mol. The number of halogens is 5. The van der Waals surface area contributed by atoms with Crippen molar-refractivity contribution in [1.29, 1.82) is 0 Å². The second-order valence-corrected chi connectivity index (χ2v) is 8.25. The summed E-state index contributed by atoms with van der Waals surface area (Å²) < 4.78 is 71.3. The van der Waals surface area contributed by atoms with Gasteiger partial charge in [-0.1, -0.05) is 11.6 Å². The summed E-state index contributed by atoms with van der Waals surface area (Å²) in [5.41, 5.74) is 4.88. The predicted molar refractivity (Wildman–Crippen MR) is 130 cm³/mol. The third-order valence-electron chi connectivity index (χ3n) is 5.31. The molecule has 1 unspecified atom stereocenters. The van der Waals surface area contributed by atoms with Gasteiger partial charge in [-0.05, 0) is 48.5 Å². The fourth-order valence-electron chi connectivity index (χ4n) is 3.43. The Morgan fingerprint density at radius 1 is 1.03 bits per heavy atom. The predicted octanol–water partition coefficient (Wildman–Crippen LogP) is 4.50. The van der Waals surface area contributed by atoms with Crippen LogP contribution in [0.15, 0.2) is 48.5 Å². The number of aromatic nitrogens is 1. The van der Waals surface area contributed by atoms with Crippen LogP contribution in [0.3, 0.4) is 0 Å². The molecule has 0 fully saturated rings. The standard InChI is InChI=1S/C25H22ClF4N3O5/c1-36-20-8-6-18(33-23(20)13-3-5-17(27)16(26)9-13)15(25(28,29)30)11-32-24(35)14-4-7-19(21(10-14)37-2)38-12-22(31)34/h3-10,15H,11-12H2,1-2H3,(H2,31,34)(H,32,35). The molecule has 0 aliphatic rings. The van der Waals surface area contributed by atoms with Gasteiger partial charge in [0.15, 0.2) is 18.1 Å². The maximum absolute atomic E-state index is 14.0. The van der Waals surface area contributed by atoms with E-state index >= 15 is 0 Å². The van der Waals surface area contributed by atoms with E-state index in [9.17, 15) is 27.2 Å². The van der Waals surface area contributed by atoms with Crippen molar-refractivity contribution in [3.05, 3.63) is 70.6 Å². The van der Waals surface area contributed by atoms with Crippen LogP contribution in [0, 0.1) is 5.82 Å². The number of benzene rings is 2. The highest BCUT2D eigenvalue weighted by Gasteiger charge is 2.42. The normalized spacial score (nSPS) is 12.0. The Morgan fingerprint density at radius 2 is 1.71 bits per heavy atom. The SMILES string of the molecule is COc1cc(C(=O)NCC(c2ccc(OC)c(-c3ccc(F)c(Cl)c3)n2)C(F)(F)F)ccc1OCC(N)=O. The van der Waals surface area contributed by atoms with E-state index in [1.54, 1.807) is 0 Å². The van der Waals surface area contributed by atoms with Gasteiger partial charge in [0.2, 0.25) is 0 Å². The number of hydrogen-bond donors (Lipinski definition) is 2. The van der Waals surface area contributed by atoms with Crippen LogP contribution in [0.2, 0.25) is 5.02 Å². The summed E-state index contributed by atoms with van der Waals surface area (Å²) in [6.07, 6.45) is -4.78. The first-order chi connectivity index (χ1) is 17.9. The molecule has 3 aromatic rings. The Labute approximate surface area is 219 Å². The van der Waals surface area contributed by atoms with E-state index in [1.807, 2.05) is 0 Å². The number of rotatable bonds is 10. The minimum Gasteiger partial charge on any atom is -0.494 e. The van der Waals surface area contributed by atoms with E-state index in [1.165, 1.54) is 50.6 Å². The molecule has 1 heterocycles. The monoisotopic (exact) mass is 555 g/mol. The van der Waals surface area contributed by atoms with E-state index in [0.717, 1.165) is 12.1 Å². The molecule has 1 atom stereocenters. The maximum Gasteiger partial charge on any atom is 0.398 e. The van der Waals surface area contributed by atoms with E-state index in [4.69, 9.17) is 31.5 Å². The van der Waals surface area contributed by atoms with E-state index in [2.05, 4.69) is 10.3 Å². The lowest BCUT2D eigenvalue weighted by atomic mass is 10.0. The minimum atomic E-state index is -4.78. The number of nitrogens with zero attached hydrogens (tertiary/aromatic N) is 1. The Bertz CT molecular complexity index is 1340. The summed E-state index contributed by atoms with van der Waals surface area (Å²) in [5, 5.41) is 2.02. The van der Waals surface area contributed by atoms with Crippen LogP contribution in [0.4, 0.5) is 17.6 Å². The molecule has 0 aliphatic heterocycles. The van der Waals surface area contributed by atoms with Crippen molar-refractivity contribution >= 4 is 23.4 Å². The smallest absolute Gasteiger partial charge is 0.398 e. The van der Waals surface area contributed by atoms with Crippen LogP contribution < -0.4 is 25.3 Å². The van der Waals surface area contributed by atoms with E-state index in [-0.39, 0.29) is 39.1 Å². The molecule has 0 radical (unpaired) electrons. The lowest BCUT2D eigenvalue weighted by Crippen LogP contribution is -2.35. The average Bonchev–Trinajstić information content (AvgIpc) is 2.88. The van der Waals surface area contributed by atoms with Crippen molar-refractivity contribution in [2.45, 2.75) is 12.1 Å². The summed E-state index contributed by atoms with van der Waals surface area (Å²) in [6.45, 7) is -1.27. The number of amides is 2. The third-order valence-corrected chi connectivity index (χ3v) is 5.60. The number of carbonyl (C=O) groups excluding carboxylic acids is 2. The topological polar surface area (TPSA) is 113 Å². The first-order valence-electron chi connectivity index (χ1n) is 10.9. The molecule has 0 saturated carbocycles. The number of primary amides is 1. The lowest BCUT2D eigenvalue weighted by molar-refractivity contribution is -0.149. The largest absolute Gasteiger partial charge is 0.494 e. The third kappa shape index (κ3) is 6.82. The van der Waals surface area contributed by atoms with Gasteiger partial charge >= 0.3 is 6.18 Å². The van der Waals surface area contributed by atoms with Gasteiger partial charge in [-0.15, -0.1) is 0 Å². The van der Waals surface area contributed by atoms with Crippen molar-refractivity contribution in [3.8, 4) is 28.5 Å². The van der Waals surface area contributed by atoms with Gasteiger partial charge in [-0.25, -0.2) is 9.37 Å². The van der Waals surface area contributed by atoms with Gasteiger partial charge in [0.05, 0.1) is 24.9 Å². The molecule has 38 heavy (non-hydrogen) atoms. The number of ether oxygens (including phenoxy) is 3. The fraction of sp³-hybridized carbons (Fsp3) is 0.240. The van der Waals surface area contributed by atoms with Crippen LogP contribution in [-0.2, 0) is 4.79 Å². The lowest BCUT2D eigenvalue weighted by Gasteiger charge is -2.22. The highest BCUT2D eigenvalue weighted by atomic mass is 35.5. The van der Waals surface area contributed by atoms with Crippen LogP contribution in [0.25, 0.3) is 11.3 Å². The van der Waals surface area contributed by atoms with Crippen LogP contribution >= 0.6 is 11.6 Å². The molecule has 0 bridgehead atoms. The zero-order valence-electron chi connectivity index (χ0n) is 20.1. The Balaban J connectivity index is 1.87. The van der Waals surface area contributed by atoms with Gasteiger partial charge in [-0.2, -0.15) is 13.2 Å². The van der Waals surface area contributed by atoms with Crippen molar-refractivity contribution < 1.29 is 41.4 Å². The van der Waals surface area contributed by atoms with Crippen LogP contribution in [-0.4, -0.2) is 50.3 Å². The number of alkyl halides is 3. The Morgan fingerprint density at radius 3 is 2.32 bits per heavy atom. The van der Waals surface area contributed by atoms with Gasteiger partial charge in [0, 0.05) is 17.7 Å². The van der Waals surface area contributed by atoms with Crippen molar-refractivity contribution in [3.63, 3.8) is 0 Å². The van der Waals surface area contributed by atoms with Crippen LogP contribution in [0.1, 0.15) is 22.0 Å². The second kappa shape index (κ2) is 12.0. The summed E-state index contributed by atoms with van der Waals surface area (Å²) >= 11 is 5.83. The highest BCUT2D eigenvalue weighted by Crippen LogP contribution is 2.37. The molecular formula is C25H22ClF4N3O5. The maximum atomic E-state index is 14.0. The Hall–Kier alpha value is -4.06. The molecule has 2 amide bonds. The molecule has 0 saturated heterocycles. The molecule has 0 spiro atoms. The zero-order chi connectivity index (χ0) is 28.0. The molecule has 0 aliphatic carbocycles. The number of hydrogen-bond acceptors (Lipinski definition) is 6. The molecule has 8 nitrogen and oxygen atoms in total. The fourth-order valence-corrected chi connectivity index (χ4v) is 3.61. The molecule has 1 aromatic heterocycles. The molecule has 3 rings (SSSR count). The van der Waals surface area contributed by atoms with Gasteiger partial charge in [0.25, 0.3) is 11.8 Å². The molecule has 3 N–H and O–H groups in total. The van der Waals surface area contributed by atoms with E-state index < -0.39 is 48.6 Å². The van der Waals surface area contributed by atoms with Gasteiger partial charge < -0.3 is 25.3 Å². The van der Waals surface area contributed by atoms with Crippen molar-refractivity contribution in [1.82, 2.24) is 10.3 Å². The first-order valence-corrected chi connectivity index (χ1v) is 11.3. The summed E-state index contributed by atoms with van der Waals surface area (Å²) in [4.78, 5) is 27.7. The first kappa shape index (κ1) is 28.5. The molecule has 2 aromatic carbocycles. The Kier molecular flexibility index (Phi) is 9.00.